The molecule has 2 heteroatoms. The predicted octanol–water partition coefficient (Wildman–Crippen LogP) is 2.30. The highest BCUT2D eigenvalue weighted by Gasteiger charge is 2.09. The minimum atomic E-state index is 1.09. The van der Waals surface area contributed by atoms with Gasteiger partial charge in [-0.25, -0.2) is 5.84 Å². The highest BCUT2D eigenvalue weighted by molar-refractivity contribution is 6.07. The molecule has 0 saturated heterocycles. The van der Waals surface area contributed by atoms with Crippen LogP contribution in [0.25, 0.3) is 21.5 Å². The zero-order chi connectivity index (χ0) is 11.1. The maximum Gasteiger partial charge on any atom is 0.216 e. The van der Waals surface area contributed by atoms with Gasteiger partial charge in [-0.05, 0) is 16.8 Å². The summed E-state index contributed by atoms with van der Waals surface area (Å²) < 4.78 is 1.66. The number of pyridine rings is 1. The lowest BCUT2D eigenvalue weighted by atomic mass is 10.0. The van der Waals surface area contributed by atoms with E-state index in [1.165, 1.54) is 21.5 Å². The second-order valence-corrected chi connectivity index (χ2v) is 4.06. The summed E-state index contributed by atoms with van der Waals surface area (Å²) in [7, 11) is 0. The lowest BCUT2D eigenvalue weighted by molar-refractivity contribution is -0.643. The lowest BCUT2D eigenvalue weighted by Crippen LogP contribution is -2.46. The van der Waals surface area contributed by atoms with E-state index in [4.69, 9.17) is 5.84 Å². The number of fused-ring (bicyclic) bond motifs is 3. The Bertz CT molecular complexity index is 687. The van der Waals surface area contributed by atoms with Gasteiger partial charge in [-0.15, -0.1) is 0 Å². The number of aryl methyl sites for hydroxylation is 1. The van der Waals surface area contributed by atoms with Crippen molar-refractivity contribution in [1.29, 1.82) is 0 Å². The number of hydrogen-bond acceptors (Lipinski definition) is 1. The number of nitrogen functional groups attached to an aromatic ring is 1. The fourth-order valence-electron chi connectivity index (χ4n) is 2.20. The molecule has 0 amide bonds. The van der Waals surface area contributed by atoms with Gasteiger partial charge in [-0.2, -0.15) is 0 Å². The Balaban J connectivity index is 2.58. The zero-order valence-electron chi connectivity index (χ0n) is 9.14. The van der Waals surface area contributed by atoms with Gasteiger partial charge in [0.25, 0.3) is 0 Å². The Kier molecular flexibility index (Phi) is 1.83. The van der Waals surface area contributed by atoms with Gasteiger partial charge in [0, 0.05) is 18.4 Å². The Morgan fingerprint density at radius 3 is 2.56 bits per heavy atom. The molecule has 78 valence electrons. The summed E-state index contributed by atoms with van der Waals surface area (Å²) >= 11 is 0. The standard InChI is InChI=1S/C14H13N2/c1-10-12-7-6-11-4-2-3-5-13(11)14(12)8-9-16(10)15/h2-9H,15H2,1H3/q+1. The molecule has 0 radical (unpaired) electrons. The summed E-state index contributed by atoms with van der Waals surface area (Å²) in [6.07, 6.45) is 1.91. The Hall–Kier alpha value is -2.09. The topological polar surface area (TPSA) is 29.9 Å². The third-order valence-corrected chi connectivity index (χ3v) is 3.15. The van der Waals surface area contributed by atoms with E-state index in [0.717, 1.165) is 5.69 Å². The first-order valence-electron chi connectivity index (χ1n) is 5.35. The van der Waals surface area contributed by atoms with Crippen LogP contribution in [0.4, 0.5) is 0 Å². The molecule has 0 aliphatic heterocycles. The Labute approximate surface area is 93.9 Å². The molecular formula is C14H13N2+. The van der Waals surface area contributed by atoms with Crippen LogP contribution in [0.1, 0.15) is 5.69 Å². The number of nitrogens with zero attached hydrogens (tertiary/aromatic N) is 1. The maximum absolute atomic E-state index is 5.85. The van der Waals surface area contributed by atoms with E-state index < -0.39 is 0 Å². The third-order valence-electron chi connectivity index (χ3n) is 3.15. The van der Waals surface area contributed by atoms with Crippen LogP contribution in [0.3, 0.4) is 0 Å². The van der Waals surface area contributed by atoms with E-state index >= 15 is 0 Å². The van der Waals surface area contributed by atoms with Crippen molar-refractivity contribution in [3.63, 3.8) is 0 Å². The molecule has 1 heterocycles. The highest BCUT2D eigenvalue weighted by atomic mass is 15.3. The summed E-state index contributed by atoms with van der Waals surface area (Å²) in [5.74, 6) is 5.85. The normalized spacial score (nSPS) is 11.1. The molecule has 3 rings (SSSR count). The monoisotopic (exact) mass is 209 g/mol. The third kappa shape index (κ3) is 1.16. The molecule has 3 aromatic rings. The van der Waals surface area contributed by atoms with Crippen molar-refractivity contribution < 1.29 is 4.68 Å². The molecule has 0 atom stereocenters. The molecule has 0 saturated carbocycles. The Morgan fingerprint density at radius 2 is 1.69 bits per heavy atom. The summed E-state index contributed by atoms with van der Waals surface area (Å²) in [4.78, 5) is 0. The predicted molar refractivity (Wildman–Crippen MR) is 66.5 cm³/mol. The summed E-state index contributed by atoms with van der Waals surface area (Å²) in [5, 5.41) is 5.02. The molecule has 0 aliphatic carbocycles. The maximum atomic E-state index is 5.85. The minimum absolute atomic E-state index is 1.09. The van der Waals surface area contributed by atoms with Crippen molar-refractivity contribution in [3.8, 4) is 0 Å². The van der Waals surface area contributed by atoms with E-state index in [9.17, 15) is 0 Å². The Morgan fingerprint density at radius 1 is 0.875 bits per heavy atom. The van der Waals surface area contributed by atoms with Gasteiger partial charge in [0.15, 0.2) is 6.20 Å². The largest absolute Gasteiger partial charge is 0.216 e. The molecule has 0 unspecified atom stereocenters. The molecule has 2 N–H and O–H groups in total. The first-order chi connectivity index (χ1) is 7.77. The number of hydrogen-bond donors (Lipinski definition) is 1. The first-order valence-corrected chi connectivity index (χ1v) is 5.35. The van der Waals surface area contributed by atoms with E-state index in [1.54, 1.807) is 4.68 Å². The first kappa shape index (κ1) is 9.16. The minimum Gasteiger partial charge on any atom is -0.205 e. The molecule has 2 nitrogen and oxygen atoms in total. The van der Waals surface area contributed by atoms with Gasteiger partial charge in [0.05, 0.1) is 5.39 Å². The summed E-state index contributed by atoms with van der Waals surface area (Å²) in [6, 6.07) is 14.8. The van der Waals surface area contributed by atoms with E-state index in [-0.39, 0.29) is 0 Å². The van der Waals surface area contributed by atoms with Gasteiger partial charge in [-0.3, -0.25) is 0 Å². The molecule has 16 heavy (non-hydrogen) atoms. The number of aromatic nitrogens is 1. The van der Waals surface area contributed by atoms with Gasteiger partial charge in [0.1, 0.15) is 0 Å². The van der Waals surface area contributed by atoms with Crippen molar-refractivity contribution in [2.75, 3.05) is 5.84 Å². The SMILES string of the molecule is Cc1c2ccc3ccccc3c2cc[n+]1N. The van der Waals surface area contributed by atoms with Gasteiger partial charge in [-0.1, -0.05) is 35.0 Å². The molecule has 1 aromatic heterocycles. The zero-order valence-corrected chi connectivity index (χ0v) is 9.14. The van der Waals surface area contributed by atoms with Crippen LogP contribution in [-0.4, -0.2) is 0 Å². The molecular weight excluding hydrogens is 196 g/mol. The van der Waals surface area contributed by atoms with Crippen molar-refractivity contribution in [1.82, 2.24) is 0 Å². The average molecular weight is 209 g/mol. The fourth-order valence-corrected chi connectivity index (χ4v) is 2.20. The van der Waals surface area contributed by atoms with Gasteiger partial charge in [0.2, 0.25) is 5.69 Å². The summed E-state index contributed by atoms with van der Waals surface area (Å²) in [5.41, 5.74) is 1.09. The van der Waals surface area contributed by atoms with E-state index in [1.807, 2.05) is 13.1 Å². The number of benzene rings is 2. The van der Waals surface area contributed by atoms with Crippen LogP contribution in [-0.2, 0) is 0 Å². The second kappa shape index (κ2) is 3.20. The van der Waals surface area contributed by atoms with Crippen LogP contribution < -0.4 is 10.5 Å². The van der Waals surface area contributed by atoms with Crippen LogP contribution in [0.2, 0.25) is 0 Å². The van der Waals surface area contributed by atoms with Crippen LogP contribution >= 0.6 is 0 Å². The van der Waals surface area contributed by atoms with Gasteiger partial charge >= 0.3 is 0 Å². The van der Waals surface area contributed by atoms with Gasteiger partial charge < -0.3 is 0 Å². The van der Waals surface area contributed by atoms with E-state index in [2.05, 4.69) is 42.5 Å². The van der Waals surface area contributed by atoms with Crippen LogP contribution in [0.15, 0.2) is 48.7 Å². The summed E-state index contributed by atoms with van der Waals surface area (Å²) in [6.45, 7) is 2.04. The smallest absolute Gasteiger partial charge is 0.205 e. The highest BCUT2D eigenvalue weighted by Crippen LogP contribution is 2.25. The molecule has 0 fully saturated rings. The number of nitrogens with two attached hydrogens (primary N) is 1. The number of rotatable bonds is 0. The van der Waals surface area contributed by atoms with Crippen molar-refractivity contribution in [3.05, 3.63) is 54.4 Å². The second-order valence-electron chi connectivity index (χ2n) is 4.06. The van der Waals surface area contributed by atoms with E-state index in [0.29, 0.717) is 0 Å². The molecule has 2 aromatic carbocycles. The van der Waals surface area contributed by atoms with Crippen LogP contribution in [0, 0.1) is 6.92 Å². The van der Waals surface area contributed by atoms with Crippen molar-refractivity contribution in [2.24, 2.45) is 0 Å². The fraction of sp³-hybridized carbons (Fsp3) is 0.0714. The van der Waals surface area contributed by atoms with Crippen molar-refractivity contribution in [2.45, 2.75) is 6.92 Å². The average Bonchev–Trinajstić information content (AvgIpc) is 2.33. The van der Waals surface area contributed by atoms with Crippen molar-refractivity contribution >= 4 is 21.5 Å². The quantitative estimate of drug-likeness (QED) is 0.343. The molecule has 0 spiro atoms. The van der Waals surface area contributed by atoms with Crippen LogP contribution in [0.5, 0.6) is 0 Å². The lowest BCUT2D eigenvalue weighted by Gasteiger charge is -2.03. The molecule has 0 bridgehead atoms. The molecule has 0 aliphatic rings.